The minimum absolute atomic E-state index is 0.00927. The van der Waals surface area contributed by atoms with Gasteiger partial charge in [0.2, 0.25) is 0 Å². The zero-order chi connectivity index (χ0) is 20.0. The summed E-state index contributed by atoms with van der Waals surface area (Å²) < 4.78 is 8.84. The molecule has 4 rings (SSSR count). The zero-order valence-corrected chi connectivity index (χ0v) is 17.6. The molecule has 3 aromatic rings. The van der Waals surface area contributed by atoms with E-state index < -0.39 is 0 Å². The Hall–Kier alpha value is -2.25. The van der Waals surface area contributed by atoms with Crippen LogP contribution in [0, 0.1) is 13.8 Å². The summed E-state index contributed by atoms with van der Waals surface area (Å²) in [6, 6.07) is 2.05. The quantitative estimate of drug-likeness (QED) is 0.596. The highest BCUT2D eigenvalue weighted by Gasteiger charge is 2.23. The van der Waals surface area contributed by atoms with Crippen LogP contribution in [0.5, 0.6) is 0 Å². The van der Waals surface area contributed by atoms with Crippen LogP contribution in [-0.4, -0.2) is 33.6 Å². The molecule has 3 heterocycles. The number of carbonyl (C=O) groups is 1. The highest BCUT2D eigenvalue weighted by atomic mass is 32.1. The van der Waals surface area contributed by atoms with Gasteiger partial charge in [0.25, 0.3) is 5.56 Å². The molecule has 1 aliphatic rings. The average Bonchev–Trinajstić information content (AvgIpc) is 3.30. The first-order chi connectivity index (χ1) is 13.4. The second kappa shape index (κ2) is 7.29. The van der Waals surface area contributed by atoms with Gasteiger partial charge in [0.05, 0.1) is 30.9 Å². The fraction of sp³-hybridized carbons (Fsp3) is 0.476. The average molecular weight is 400 g/mol. The second-order valence-corrected chi connectivity index (χ2v) is 8.68. The van der Waals surface area contributed by atoms with Crippen LogP contribution >= 0.6 is 11.3 Å². The van der Waals surface area contributed by atoms with E-state index in [9.17, 15) is 9.59 Å². The number of Topliss-reactive ketones (excluding diaryl/α,β-unsaturated/α-hetero) is 1. The standard InChI is InChI=1S/C21H25N3O3S/c1-12-8-16(14(3)24(12)13(2)10-27-4)17(25)9-23-11-22-20-19(21(23)26)15-6-5-7-18(15)28-20/h8,11,13H,5-7,9-10H2,1-4H3. The number of thiophene rings is 1. The monoisotopic (exact) mass is 399 g/mol. The van der Waals surface area contributed by atoms with Gasteiger partial charge >= 0.3 is 0 Å². The molecule has 7 heteroatoms. The summed E-state index contributed by atoms with van der Waals surface area (Å²) in [6.45, 7) is 6.59. The molecule has 1 unspecified atom stereocenters. The summed E-state index contributed by atoms with van der Waals surface area (Å²) in [6.07, 6.45) is 4.57. The van der Waals surface area contributed by atoms with Crippen molar-refractivity contribution in [3.05, 3.63) is 50.1 Å². The van der Waals surface area contributed by atoms with Gasteiger partial charge in [-0.05, 0) is 51.7 Å². The second-order valence-electron chi connectivity index (χ2n) is 7.60. The molecule has 0 amide bonds. The highest BCUT2D eigenvalue weighted by molar-refractivity contribution is 7.18. The lowest BCUT2D eigenvalue weighted by Gasteiger charge is -2.17. The molecule has 0 saturated heterocycles. The molecule has 148 valence electrons. The third-order valence-corrected chi connectivity index (χ3v) is 6.84. The Morgan fingerprint density at radius 2 is 2.14 bits per heavy atom. The van der Waals surface area contributed by atoms with E-state index in [2.05, 4.69) is 16.5 Å². The predicted molar refractivity (Wildman–Crippen MR) is 111 cm³/mol. The fourth-order valence-corrected chi connectivity index (χ4v) is 5.64. The molecule has 0 aliphatic heterocycles. The van der Waals surface area contributed by atoms with Gasteiger partial charge in [-0.3, -0.25) is 14.2 Å². The van der Waals surface area contributed by atoms with Crippen LogP contribution in [0.25, 0.3) is 10.2 Å². The molecule has 0 fully saturated rings. The van der Waals surface area contributed by atoms with E-state index in [1.165, 1.54) is 15.8 Å². The lowest BCUT2D eigenvalue weighted by Crippen LogP contribution is -2.25. The maximum Gasteiger partial charge on any atom is 0.262 e. The summed E-state index contributed by atoms with van der Waals surface area (Å²) in [5.41, 5.74) is 3.63. The van der Waals surface area contributed by atoms with Crippen molar-refractivity contribution in [1.29, 1.82) is 0 Å². The van der Waals surface area contributed by atoms with Gasteiger partial charge in [0.1, 0.15) is 4.83 Å². The molecule has 1 atom stereocenters. The van der Waals surface area contributed by atoms with E-state index in [0.29, 0.717) is 17.6 Å². The SMILES string of the molecule is COCC(C)n1c(C)cc(C(=O)Cn2cnc3sc4c(c3c2=O)CCC4)c1C. The van der Waals surface area contributed by atoms with E-state index in [4.69, 9.17) is 4.74 Å². The van der Waals surface area contributed by atoms with E-state index in [0.717, 1.165) is 41.0 Å². The lowest BCUT2D eigenvalue weighted by molar-refractivity contribution is 0.0969. The lowest BCUT2D eigenvalue weighted by atomic mass is 10.1. The summed E-state index contributed by atoms with van der Waals surface area (Å²) in [5.74, 6) is -0.0703. The van der Waals surface area contributed by atoms with Crippen molar-refractivity contribution in [2.45, 2.75) is 52.6 Å². The van der Waals surface area contributed by atoms with E-state index >= 15 is 0 Å². The number of methoxy groups -OCH3 is 1. The van der Waals surface area contributed by atoms with Crippen LogP contribution in [0.1, 0.15) is 51.6 Å². The summed E-state index contributed by atoms with van der Waals surface area (Å²) in [7, 11) is 1.67. The molecular weight excluding hydrogens is 374 g/mol. The Kier molecular flexibility index (Phi) is 4.97. The van der Waals surface area contributed by atoms with Crippen molar-refractivity contribution >= 4 is 27.3 Å². The molecule has 0 N–H and O–H groups in total. The molecule has 1 aliphatic carbocycles. The smallest absolute Gasteiger partial charge is 0.262 e. The van der Waals surface area contributed by atoms with E-state index in [1.54, 1.807) is 18.4 Å². The Morgan fingerprint density at radius 1 is 1.36 bits per heavy atom. The Bertz CT molecular complexity index is 1120. The van der Waals surface area contributed by atoms with Crippen LogP contribution in [0.4, 0.5) is 0 Å². The van der Waals surface area contributed by atoms with Crippen molar-refractivity contribution in [3.8, 4) is 0 Å². The van der Waals surface area contributed by atoms with Gasteiger partial charge in [0, 0.05) is 28.9 Å². The van der Waals surface area contributed by atoms with Gasteiger partial charge in [-0.1, -0.05) is 0 Å². The number of aryl methyl sites for hydroxylation is 3. The van der Waals surface area contributed by atoms with Crippen molar-refractivity contribution in [3.63, 3.8) is 0 Å². The first-order valence-electron chi connectivity index (χ1n) is 9.62. The highest BCUT2D eigenvalue weighted by Crippen LogP contribution is 2.34. The first kappa shape index (κ1) is 19.1. The molecule has 28 heavy (non-hydrogen) atoms. The topological polar surface area (TPSA) is 66.1 Å². The molecule has 0 bridgehead atoms. The third kappa shape index (κ3) is 3.02. The summed E-state index contributed by atoms with van der Waals surface area (Å²) >= 11 is 1.62. The zero-order valence-electron chi connectivity index (χ0n) is 16.7. The van der Waals surface area contributed by atoms with Crippen molar-refractivity contribution < 1.29 is 9.53 Å². The third-order valence-electron chi connectivity index (χ3n) is 5.64. The number of hydrogen-bond donors (Lipinski definition) is 0. The normalized spacial score (nSPS) is 14.6. The minimum Gasteiger partial charge on any atom is -0.383 e. The number of ether oxygens (including phenoxy) is 1. The maximum absolute atomic E-state index is 13.0. The predicted octanol–water partition coefficient (Wildman–Crippen LogP) is 3.46. The Labute approximate surface area is 167 Å². The molecule has 0 aromatic carbocycles. The number of nitrogens with zero attached hydrogens (tertiary/aromatic N) is 3. The van der Waals surface area contributed by atoms with Crippen LogP contribution in [-0.2, 0) is 24.1 Å². The fourth-order valence-electron chi connectivity index (χ4n) is 4.43. The van der Waals surface area contributed by atoms with Gasteiger partial charge in [-0.25, -0.2) is 4.98 Å². The van der Waals surface area contributed by atoms with Crippen LogP contribution in [0.3, 0.4) is 0 Å². The first-order valence-corrected chi connectivity index (χ1v) is 10.4. The van der Waals surface area contributed by atoms with Gasteiger partial charge in [-0.2, -0.15) is 0 Å². The Morgan fingerprint density at radius 3 is 2.89 bits per heavy atom. The molecule has 0 spiro atoms. The van der Waals surface area contributed by atoms with Crippen LogP contribution < -0.4 is 5.56 Å². The number of rotatable bonds is 6. The molecular formula is C21H25N3O3S. The molecule has 0 radical (unpaired) electrons. The number of aromatic nitrogens is 3. The van der Waals surface area contributed by atoms with Crippen molar-refractivity contribution in [2.24, 2.45) is 0 Å². The van der Waals surface area contributed by atoms with Crippen LogP contribution in [0.2, 0.25) is 0 Å². The number of hydrogen-bond acceptors (Lipinski definition) is 5. The van der Waals surface area contributed by atoms with Gasteiger partial charge in [0.15, 0.2) is 5.78 Å². The van der Waals surface area contributed by atoms with E-state index in [-0.39, 0.29) is 23.9 Å². The summed E-state index contributed by atoms with van der Waals surface area (Å²) in [5, 5.41) is 0.715. The molecule has 6 nitrogen and oxygen atoms in total. The minimum atomic E-state index is -0.0979. The van der Waals surface area contributed by atoms with Gasteiger partial charge in [-0.15, -0.1) is 11.3 Å². The largest absolute Gasteiger partial charge is 0.383 e. The summed E-state index contributed by atoms with van der Waals surface area (Å²) in [4.78, 5) is 32.6. The van der Waals surface area contributed by atoms with Gasteiger partial charge < -0.3 is 9.30 Å². The van der Waals surface area contributed by atoms with E-state index in [1.807, 2.05) is 19.9 Å². The molecule has 0 saturated carbocycles. The Balaban J connectivity index is 1.67. The number of ketones is 1. The molecule has 3 aromatic heterocycles. The number of carbonyl (C=O) groups excluding carboxylic acids is 1. The maximum atomic E-state index is 13.0. The van der Waals surface area contributed by atoms with Crippen molar-refractivity contribution in [1.82, 2.24) is 14.1 Å². The van der Waals surface area contributed by atoms with Crippen LogP contribution in [0.15, 0.2) is 17.2 Å². The number of fused-ring (bicyclic) bond motifs is 3. The van der Waals surface area contributed by atoms with Crippen molar-refractivity contribution in [2.75, 3.05) is 13.7 Å².